The maximum atomic E-state index is 12.9. The van der Waals surface area contributed by atoms with E-state index in [0.717, 1.165) is 6.07 Å². The van der Waals surface area contributed by atoms with Crippen molar-refractivity contribution < 1.29 is 31.5 Å². The molecule has 0 aliphatic heterocycles. The minimum absolute atomic E-state index is 0.0107. The topological polar surface area (TPSA) is 63.5 Å². The van der Waals surface area contributed by atoms with Crippen LogP contribution in [0.4, 0.5) is 23.2 Å². The highest BCUT2D eigenvalue weighted by Crippen LogP contribution is 2.34. The second-order valence-corrected chi connectivity index (χ2v) is 5.63. The highest BCUT2D eigenvalue weighted by molar-refractivity contribution is 5.92. The fourth-order valence-corrected chi connectivity index (χ4v) is 2.29. The van der Waals surface area contributed by atoms with Crippen molar-refractivity contribution in [3.63, 3.8) is 0 Å². The van der Waals surface area contributed by atoms with Gasteiger partial charge in [0.15, 0.2) is 5.76 Å². The van der Waals surface area contributed by atoms with Crippen LogP contribution in [0.5, 0.6) is 5.75 Å². The molecule has 0 radical (unpaired) electrons. The van der Waals surface area contributed by atoms with Crippen molar-refractivity contribution in [2.75, 3.05) is 5.43 Å². The number of furan rings is 1. The number of para-hydroxylation sites is 1. The number of nitrogens with one attached hydrogen (secondary N) is 2. The van der Waals surface area contributed by atoms with Gasteiger partial charge in [0.25, 0.3) is 0 Å². The summed E-state index contributed by atoms with van der Waals surface area (Å²) >= 11 is 0. The van der Waals surface area contributed by atoms with Gasteiger partial charge in [-0.25, -0.2) is 4.39 Å². The zero-order valence-electron chi connectivity index (χ0n) is 14.2. The molecular formula is C19H14F4N2O3. The van der Waals surface area contributed by atoms with Gasteiger partial charge < -0.3 is 9.15 Å². The Kier molecular flexibility index (Phi) is 5.53. The zero-order chi connectivity index (χ0) is 20.1. The van der Waals surface area contributed by atoms with Crippen LogP contribution in [0.15, 0.2) is 65.1 Å². The largest absolute Gasteiger partial charge is 0.486 e. The summed E-state index contributed by atoms with van der Waals surface area (Å²) in [5.74, 6) is -0.553. The molecule has 9 heteroatoms. The predicted octanol–water partition coefficient (Wildman–Crippen LogP) is 4.77. The van der Waals surface area contributed by atoms with Gasteiger partial charge in [0.05, 0.1) is 11.3 Å². The lowest BCUT2D eigenvalue weighted by atomic mass is 10.2. The van der Waals surface area contributed by atoms with Crippen LogP contribution in [0, 0.1) is 5.82 Å². The molecule has 146 valence electrons. The molecule has 0 saturated heterocycles. The molecule has 28 heavy (non-hydrogen) atoms. The van der Waals surface area contributed by atoms with E-state index in [1.807, 2.05) is 0 Å². The number of rotatable bonds is 6. The number of halogens is 4. The normalized spacial score (nSPS) is 11.1. The van der Waals surface area contributed by atoms with Crippen molar-refractivity contribution >= 4 is 11.6 Å². The second-order valence-electron chi connectivity index (χ2n) is 5.63. The Morgan fingerprint density at radius 2 is 1.71 bits per heavy atom. The van der Waals surface area contributed by atoms with E-state index in [2.05, 4.69) is 10.9 Å². The summed E-state index contributed by atoms with van der Waals surface area (Å²) in [5.41, 5.74) is 3.19. The number of hydrogen-bond acceptors (Lipinski definition) is 4. The number of anilines is 1. The van der Waals surface area contributed by atoms with Gasteiger partial charge in [-0.3, -0.25) is 15.6 Å². The van der Waals surface area contributed by atoms with E-state index in [1.54, 1.807) is 0 Å². The van der Waals surface area contributed by atoms with Crippen LogP contribution >= 0.6 is 0 Å². The molecule has 1 aromatic heterocycles. The molecule has 2 aromatic carbocycles. The molecule has 0 spiro atoms. The van der Waals surface area contributed by atoms with Crippen LogP contribution in [0.2, 0.25) is 0 Å². The Morgan fingerprint density at radius 1 is 1.00 bits per heavy atom. The summed E-state index contributed by atoms with van der Waals surface area (Å²) in [5, 5.41) is 0. The molecule has 1 heterocycles. The maximum Gasteiger partial charge on any atom is 0.418 e. The van der Waals surface area contributed by atoms with Crippen LogP contribution in [-0.4, -0.2) is 5.91 Å². The predicted molar refractivity (Wildman–Crippen MR) is 92.0 cm³/mol. The quantitative estimate of drug-likeness (QED) is 0.467. The number of carbonyl (C=O) groups excluding carboxylic acids is 1. The molecule has 5 nitrogen and oxygen atoms in total. The lowest BCUT2D eigenvalue weighted by molar-refractivity contribution is -0.137. The van der Waals surface area contributed by atoms with Crippen molar-refractivity contribution in [1.29, 1.82) is 0 Å². The van der Waals surface area contributed by atoms with Crippen LogP contribution in [0.3, 0.4) is 0 Å². The van der Waals surface area contributed by atoms with Gasteiger partial charge in [-0.2, -0.15) is 13.2 Å². The maximum absolute atomic E-state index is 12.9. The van der Waals surface area contributed by atoms with Crippen molar-refractivity contribution in [2.24, 2.45) is 0 Å². The van der Waals surface area contributed by atoms with Gasteiger partial charge >= 0.3 is 12.1 Å². The van der Waals surface area contributed by atoms with Crippen LogP contribution in [0.25, 0.3) is 0 Å². The van der Waals surface area contributed by atoms with Crippen molar-refractivity contribution in [1.82, 2.24) is 5.43 Å². The van der Waals surface area contributed by atoms with E-state index in [9.17, 15) is 22.4 Å². The summed E-state index contributed by atoms with van der Waals surface area (Å²) in [6.45, 7) is -0.0107. The smallest absolute Gasteiger partial charge is 0.418 e. The summed E-state index contributed by atoms with van der Waals surface area (Å²) in [7, 11) is 0. The Bertz CT molecular complexity index is 952. The second kappa shape index (κ2) is 8.03. The highest BCUT2D eigenvalue weighted by atomic mass is 19.4. The molecule has 3 aromatic rings. The van der Waals surface area contributed by atoms with E-state index in [4.69, 9.17) is 9.15 Å². The van der Waals surface area contributed by atoms with Crippen LogP contribution < -0.4 is 15.6 Å². The molecule has 0 saturated carbocycles. The molecule has 0 atom stereocenters. The van der Waals surface area contributed by atoms with Gasteiger partial charge in [0, 0.05) is 0 Å². The lowest BCUT2D eigenvalue weighted by Crippen LogP contribution is -2.30. The number of alkyl halides is 3. The first-order valence-corrected chi connectivity index (χ1v) is 8.02. The Labute approximate surface area is 156 Å². The molecule has 0 fully saturated rings. The molecule has 0 bridgehead atoms. The minimum atomic E-state index is -4.57. The standard InChI is InChI=1S/C19H14F4N2O3/c20-12-5-7-13(8-6-12)27-11-14-9-10-17(28-14)18(26)25-24-16-4-2-1-3-15(16)19(21,22)23/h1-10,24H,11H2,(H,25,26). The number of hydrogen-bond donors (Lipinski definition) is 2. The number of ether oxygens (including phenoxy) is 1. The van der Waals surface area contributed by atoms with Crippen molar-refractivity contribution in [3.8, 4) is 5.75 Å². The average Bonchev–Trinajstić information content (AvgIpc) is 3.14. The van der Waals surface area contributed by atoms with Crippen molar-refractivity contribution in [3.05, 3.63) is 83.6 Å². The van der Waals surface area contributed by atoms with Crippen LogP contribution in [-0.2, 0) is 12.8 Å². The fourth-order valence-electron chi connectivity index (χ4n) is 2.29. The molecule has 0 unspecified atom stereocenters. The third-order valence-corrected chi connectivity index (χ3v) is 3.62. The first kappa shape index (κ1) is 19.3. The lowest BCUT2D eigenvalue weighted by Gasteiger charge is -2.14. The molecular weight excluding hydrogens is 380 g/mol. The Morgan fingerprint density at radius 3 is 2.43 bits per heavy atom. The Balaban J connectivity index is 1.58. The summed E-state index contributed by atoms with van der Waals surface area (Å²) in [6, 6.07) is 12.9. The number of benzene rings is 2. The number of carbonyl (C=O) groups is 1. The molecule has 1 amide bonds. The third-order valence-electron chi connectivity index (χ3n) is 3.62. The summed E-state index contributed by atoms with van der Waals surface area (Å²) < 4.78 is 62.4. The van der Waals surface area contributed by atoms with Gasteiger partial charge in [0.2, 0.25) is 0 Å². The fraction of sp³-hybridized carbons (Fsp3) is 0.105. The summed E-state index contributed by atoms with van der Waals surface area (Å²) in [4.78, 5) is 12.1. The zero-order valence-corrected chi connectivity index (χ0v) is 14.2. The third kappa shape index (κ3) is 4.81. The van der Waals surface area contributed by atoms with E-state index < -0.39 is 23.5 Å². The highest BCUT2D eigenvalue weighted by Gasteiger charge is 2.33. The van der Waals surface area contributed by atoms with Gasteiger partial charge in [-0.15, -0.1) is 0 Å². The number of amides is 1. The van der Waals surface area contributed by atoms with E-state index in [-0.39, 0.29) is 18.1 Å². The van der Waals surface area contributed by atoms with E-state index in [0.29, 0.717) is 11.5 Å². The first-order valence-electron chi connectivity index (χ1n) is 8.02. The van der Waals surface area contributed by atoms with Gasteiger partial charge in [-0.05, 0) is 48.5 Å². The molecule has 0 aliphatic carbocycles. The first-order chi connectivity index (χ1) is 13.3. The Hall–Kier alpha value is -3.49. The van der Waals surface area contributed by atoms with Crippen molar-refractivity contribution in [2.45, 2.75) is 12.8 Å². The van der Waals surface area contributed by atoms with Crippen LogP contribution in [0.1, 0.15) is 21.9 Å². The summed E-state index contributed by atoms with van der Waals surface area (Å²) in [6.07, 6.45) is -4.57. The van der Waals surface area contributed by atoms with Gasteiger partial charge in [0.1, 0.15) is 23.9 Å². The minimum Gasteiger partial charge on any atom is -0.486 e. The monoisotopic (exact) mass is 394 g/mol. The number of hydrazine groups is 1. The van der Waals surface area contributed by atoms with E-state index in [1.165, 1.54) is 54.6 Å². The SMILES string of the molecule is O=C(NNc1ccccc1C(F)(F)F)c1ccc(COc2ccc(F)cc2)o1. The molecule has 0 aliphatic rings. The molecule has 3 rings (SSSR count). The van der Waals surface area contributed by atoms with Gasteiger partial charge in [-0.1, -0.05) is 12.1 Å². The van der Waals surface area contributed by atoms with E-state index >= 15 is 0 Å². The average molecular weight is 394 g/mol. The molecule has 2 N–H and O–H groups in total.